The van der Waals surface area contributed by atoms with E-state index in [1.165, 1.54) is 11.2 Å². The fraction of sp³-hybridized carbons (Fsp3) is 0. The molecule has 2 nitrogen and oxygen atoms in total. The third-order valence-corrected chi connectivity index (χ3v) is 1.83. The zero-order valence-corrected chi connectivity index (χ0v) is 6.94. The van der Waals surface area contributed by atoms with Gasteiger partial charge in [-0.15, -0.1) is 0 Å². The van der Waals surface area contributed by atoms with Crippen molar-refractivity contribution in [1.82, 2.24) is 4.98 Å². The standard InChI is InChI=1S/C11H8N2/c12-7-9-6-11(13-8-9)10-4-2-1-3-5-10/h1-6,8,13H/i/hD. The van der Waals surface area contributed by atoms with Gasteiger partial charge in [0.25, 0.3) is 0 Å². The lowest BCUT2D eigenvalue weighted by Crippen LogP contribution is -1.73. The monoisotopic (exact) mass is 169 g/mol. The summed E-state index contributed by atoms with van der Waals surface area (Å²) >= 11 is 0. The molecule has 2 heteroatoms. The van der Waals surface area contributed by atoms with Crippen LogP contribution in [0.1, 0.15) is 5.56 Å². The van der Waals surface area contributed by atoms with Crippen LogP contribution in [0.15, 0.2) is 42.6 Å². The van der Waals surface area contributed by atoms with Crippen molar-refractivity contribution in [1.29, 1.82) is 5.26 Å². The van der Waals surface area contributed by atoms with Crippen molar-refractivity contribution < 1.29 is 1.41 Å². The summed E-state index contributed by atoms with van der Waals surface area (Å²) < 4.78 is 7.60. The van der Waals surface area contributed by atoms with Gasteiger partial charge in [0.05, 0.1) is 5.56 Å². The lowest BCUT2D eigenvalue weighted by atomic mass is 10.1. The number of aromatic nitrogens is 1. The smallest absolute Gasteiger partial charge is 0.166 e. The first-order valence-electron chi connectivity index (χ1n) is 4.43. The molecule has 0 aliphatic rings. The summed E-state index contributed by atoms with van der Waals surface area (Å²) in [7, 11) is 0. The maximum atomic E-state index is 8.68. The summed E-state index contributed by atoms with van der Waals surface area (Å²) in [6.45, 7) is 0. The SMILES string of the molecule is [2H]n1cc(C#N)cc1-c1ccccc1. The number of aromatic amines is 1. The quantitative estimate of drug-likeness (QED) is 0.700. The zero-order chi connectivity index (χ0) is 9.97. The van der Waals surface area contributed by atoms with E-state index in [0.29, 0.717) is 5.56 Å². The van der Waals surface area contributed by atoms with E-state index >= 15 is 0 Å². The molecule has 1 N–H and O–H groups in total. The third kappa shape index (κ3) is 1.45. The van der Waals surface area contributed by atoms with E-state index in [-0.39, 0.29) is 0 Å². The molecule has 62 valence electrons. The predicted molar refractivity (Wildman–Crippen MR) is 50.9 cm³/mol. The molecule has 0 unspecified atom stereocenters. The molecular weight excluding hydrogens is 160 g/mol. The number of nitriles is 1. The second-order valence-electron chi connectivity index (χ2n) is 2.72. The van der Waals surface area contributed by atoms with Crippen LogP contribution in [0.5, 0.6) is 0 Å². The molecule has 1 heterocycles. The van der Waals surface area contributed by atoms with Gasteiger partial charge in [-0.05, 0) is 11.6 Å². The first-order valence-corrected chi connectivity index (χ1v) is 3.98. The van der Waals surface area contributed by atoms with Gasteiger partial charge in [-0.1, -0.05) is 30.3 Å². The average molecular weight is 169 g/mol. The van der Waals surface area contributed by atoms with Crippen molar-refractivity contribution in [2.45, 2.75) is 0 Å². The molecule has 13 heavy (non-hydrogen) atoms. The predicted octanol–water partition coefficient (Wildman–Crippen LogP) is 2.55. The molecule has 0 amide bonds. The van der Waals surface area contributed by atoms with Gasteiger partial charge in [0.15, 0.2) is 1.41 Å². The Balaban J connectivity index is 2.53. The Morgan fingerprint density at radius 3 is 2.69 bits per heavy atom. The third-order valence-electron chi connectivity index (χ3n) is 1.83. The molecule has 2 rings (SSSR count). The van der Waals surface area contributed by atoms with Gasteiger partial charge < -0.3 is 4.98 Å². The lowest BCUT2D eigenvalue weighted by molar-refractivity contribution is 1.39. The molecular formula is C11H8N2. The minimum atomic E-state index is 0.513. The number of rotatable bonds is 1. The van der Waals surface area contributed by atoms with Crippen LogP contribution in [0.2, 0.25) is 1.41 Å². The summed E-state index contributed by atoms with van der Waals surface area (Å²) in [5.74, 6) is 0. The van der Waals surface area contributed by atoms with Crippen LogP contribution >= 0.6 is 0 Å². The number of nitrogens with zero attached hydrogens (tertiary/aromatic N) is 1. The van der Waals surface area contributed by atoms with Gasteiger partial charge in [-0.25, -0.2) is 0 Å². The topological polar surface area (TPSA) is 39.6 Å². The van der Waals surface area contributed by atoms with Crippen LogP contribution in [-0.4, -0.2) is 4.98 Å². The first kappa shape index (κ1) is 6.50. The summed E-state index contributed by atoms with van der Waals surface area (Å²) in [6, 6.07) is 13.3. The molecule has 0 aliphatic carbocycles. The first-order chi connectivity index (χ1) is 6.81. The van der Waals surface area contributed by atoms with Crippen molar-refractivity contribution in [3.8, 4) is 17.3 Å². The number of hydrogen-bond donors (Lipinski definition) is 1. The second-order valence-corrected chi connectivity index (χ2v) is 2.72. The summed E-state index contributed by atoms with van der Waals surface area (Å²) in [5.41, 5.74) is 2.20. The van der Waals surface area contributed by atoms with E-state index in [0.717, 1.165) is 11.3 Å². The Labute approximate surface area is 77.9 Å². The Bertz CT molecular complexity index is 480. The minimum absolute atomic E-state index is 0.513. The minimum Gasteiger partial charge on any atom is -0.360 e. The summed E-state index contributed by atoms with van der Waals surface area (Å²) in [6.07, 6.45) is 1.50. The number of H-pyrrole nitrogens is 1. The van der Waals surface area contributed by atoms with Gasteiger partial charge in [-0.2, -0.15) is 5.26 Å². The highest BCUT2D eigenvalue weighted by molar-refractivity contribution is 5.61. The van der Waals surface area contributed by atoms with Gasteiger partial charge >= 0.3 is 0 Å². The largest absolute Gasteiger partial charge is 0.360 e. The van der Waals surface area contributed by atoms with Gasteiger partial charge in [-0.3, -0.25) is 0 Å². The van der Waals surface area contributed by atoms with Crippen molar-refractivity contribution in [2.75, 3.05) is 0 Å². The summed E-state index contributed by atoms with van der Waals surface area (Å²) in [5, 5.41) is 8.68. The number of nitrogens with one attached hydrogen (secondary N) is 1. The molecule has 0 atom stereocenters. The molecule has 0 aliphatic heterocycles. The van der Waals surface area contributed by atoms with Crippen LogP contribution < -0.4 is 0 Å². The second kappa shape index (κ2) is 3.16. The van der Waals surface area contributed by atoms with Crippen molar-refractivity contribution >= 4 is 0 Å². The molecule has 0 bridgehead atoms. The fourth-order valence-corrected chi connectivity index (χ4v) is 1.19. The molecule has 0 saturated carbocycles. The Hall–Kier alpha value is -2.01. The fourth-order valence-electron chi connectivity index (χ4n) is 1.19. The maximum absolute atomic E-state index is 8.68. The molecule has 0 radical (unpaired) electrons. The Morgan fingerprint density at radius 2 is 2.08 bits per heavy atom. The van der Waals surface area contributed by atoms with Crippen LogP contribution in [-0.2, 0) is 0 Å². The van der Waals surface area contributed by atoms with Crippen LogP contribution in [0.25, 0.3) is 11.3 Å². The van der Waals surface area contributed by atoms with Crippen molar-refractivity contribution in [3.63, 3.8) is 0 Å². The zero-order valence-electron chi connectivity index (χ0n) is 7.94. The van der Waals surface area contributed by atoms with Gasteiger partial charge in [0.2, 0.25) is 0 Å². The molecule has 1 aromatic heterocycles. The van der Waals surface area contributed by atoms with Crippen molar-refractivity contribution in [2.24, 2.45) is 0 Å². The normalized spacial score (nSPS) is 10.5. The van der Waals surface area contributed by atoms with Crippen LogP contribution in [0.4, 0.5) is 0 Å². The van der Waals surface area contributed by atoms with E-state index < -0.39 is 0 Å². The van der Waals surface area contributed by atoms with E-state index in [2.05, 4.69) is 0 Å². The highest BCUT2D eigenvalue weighted by Crippen LogP contribution is 2.17. The molecule has 1 aromatic carbocycles. The number of hydrogen-bond acceptors (Lipinski definition) is 1. The van der Waals surface area contributed by atoms with E-state index in [9.17, 15) is 0 Å². The highest BCUT2D eigenvalue weighted by Gasteiger charge is 1.99. The van der Waals surface area contributed by atoms with E-state index in [4.69, 9.17) is 6.67 Å². The maximum Gasteiger partial charge on any atom is 0.166 e. The molecule has 2 aromatic rings. The van der Waals surface area contributed by atoms with Crippen LogP contribution in [0, 0.1) is 11.3 Å². The Morgan fingerprint density at radius 1 is 1.31 bits per heavy atom. The average Bonchev–Trinajstić information content (AvgIpc) is 2.61. The molecule has 0 spiro atoms. The van der Waals surface area contributed by atoms with Crippen LogP contribution in [0.3, 0.4) is 0 Å². The van der Waals surface area contributed by atoms with Gasteiger partial charge in [0, 0.05) is 11.9 Å². The van der Waals surface area contributed by atoms with Gasteiger partial charge in [0.1, 0.15) is 6.07 Å². The van der Waals surface area contributed by atoms with Crippen molar-refractivity contribution in [3.05, 3.63) is 48.2 Å². The number of benzene rings is 1. The lowest BCUT2D eigenvalue weighted by Gasteiger charge is -1.94. The Kier molecular flexibility index (Phi) is 1.58. The van der Waals surface area contributed by atoms with E-state index in [1.54, 1.807) is 6.07 Å². The molecule has 0 saturated heterocycles. The highest BCUT2D eigenvalue weighted by atomic mass is 14.7. The molecule has 0 fully saturated rings. The van der Waals surface area contributed by atoms with E-state index in [1.807, 2.05) is 36.4 Å². The summed E-state index contributed by atoms with van der Waals surface area (Å²) in [4.78, 5) is 1.22.